The van der Waals surface area contributed by atoms with Crippen molar-refractivity contribution in [1.29, 1.82) is 0 Å². The van der Waals surface area contributed by atoms with Crippen LogP contribution in [-0.2, 0) is 0 Å². The highest BCUT2D eigenvalue weighted by Gasteiger charge is 2.09. The van der Waals surface area contributed by atoms with Crippen LogP contribution in [0.15, 0.2) is 18.2 Å². The number of rotatable bonds is 5. The summed E-state index contributed by atoms with van der Waals surface area (Å²) in [6.45, 7) is 4.71. The van der Waals surface area contributed by atoms with Gasteiger partial charge < -0.3 is 10.5 Å². The fourth-order valence-corrected chi connectivity index (χ4v) is 1.84. The normalized spacial score (nSPS) is 12.5. The van der Waals surface area contributed by atoms with Crippen LogP contribution in [0.2, 0.25) is 5.02 Å². The predicted molar refractivity (Wildman–Crippen MR) is 64.5 cm³/mol. The maximum absolute atomic E-state index is 6.14. The summed E-state index contributed by atoms with van der Waals surface area (Å²) >= 11 is 6.14. The Morgan fingerprint density at radius 2 is 2.13 bits per heavy atom. The van der Waals surface area contributed by atoms with Crippen LogP contribution in [0.4, 0.5) is 0 Å². The van der Waals surface area contributed by atoms with Gasteiger partial charge in [0.25, 0.3) is 0 Å². The Morgan fingerprint density at radius 3 is 2.67 bits per heavy atom. The molecule has 0 radical (unpaired) electrons. The smallest absolute Gasteiger partial charge is 0.120 e. The molecule has 0 aliphatic carbocycles. The summed E-state index contributed by atoms with van der Waals surface area (Å²) in [6, 6.07) is 5.72. The average Bonchev–Trinajstić information content (AvgIpc) is 2.18. The SMILES string of the molecule is CCCC(N)c1ccc(OCC)cc1Cl. The Balaban J connectivity index is 2.82. The summed E-state index contributed by atoms with van der Waals surface area (Å²) in [5.41, 5.74) is 7.01. The molecule has 1 unspecified atom stereocenters. The van der Waals surface area contributed by atoms with Crippen LogP contribution in [0.5, 0.6) is 5.75 Å². The van der Waals surface area contributed by atoms with Gasteiger partial charge in [0.1, 0.15) is 5.75 Å². The molecule has 0 fully saturated rings. The van der Waals surface area contributed by atoms with E-state index in [1.165, 1.54) is 0 Å². The van der Waals surface area contributed by atoms with Gasteiger partial charge in [-0.2, -0.15) is 0 Å². The van der Waals surface area contributed by atoms with Gasteiger partial charge >= 0.3 is 0 Å². The maximum Gasteiger partial charge on any atom is 0.120 e. The lowest BCUT2D eigenvalue weighted by atomic mass is 10.0. The molecule has 1 rings (SSSR count). The molecule has 0 aromatic heterocycles. The predicted octanol–water partition coefficient (Wildman–Crippen LogP) is 3.54. The van der Waals surface area contributed by atoms with Crippen molar-refractivity contribution in [3.05, 3.63) is 28.8 Å². The minimum absolute atomic E-state index is 0.0261. The van der Waals surface area contributed by atoms with Crippen LogP contribution in [-0.4, -0.2) is 6.61 Å². The summed E-state index contributed by atoms with van der Waals surface area (Å²) in [7, 11) is 0. The lowest BCUT2D eigenvalue weighted by Crippen LogP contribution is -2.10. The van der Waals surface area contributed by atoms with E-state index in [4.69, 9.17) is 22.1 Å². The Bertz CT molecular complexity index is 314. The Kier molecular flexibility index (Phi) is 4.92. The summed E-state index contributed by atoms with van der Waals surface area (Å²) in [5.74, 6) is 0.801. The second-order valence-corrected chi connectivity index (χ2v) is 3.92. The Morgan fingerprint density at radius 1 is 1.40 bits per heavy atom. The van der Waals surface area contributed by atoms with Crippen molar-refractivity contribution in [3.63, 3.8) is 0 Å². The van der Waals surface area contributed by atoms with Gasteiger partial charge in [-0.3, -0.25) is 0 Å². The fraction of sp³-hybridized carbons (Fsp3) is 0.500. The molecule has 2 nitrogen and oxygen atoms in total. The van der Waals surface area contributed by atoms with Gasteiger partial charge in [-0.1, -0.05) is 31.0 Å². The first-order chi connectivity index (χ1) is 7.19. The number of hydrogen-bond donors (Lipinski definition) is 1. The molecular weight excluding hydrogens is 210 g/mol. The zero-order valence-electron chi connectivity index (χ0n) is 9.29. The summed E-state index contributed by atoms with van der Waals surface area (Å²) in [4.78, 5) is 0. The van der Waals surface area contributed by atoms with Gasteiger partial charge in [-0.25, -0.2) is 0 Å². The second-order valence-electron chi connectivity index (χ2n) is 3.51. The van der Waals surface area contributed by atoms with Gasteiger partial charge in [-0.05, 0) is 31.0 Å². The van der Waals surface area contributed by atoms with Gasteiger partial charge in [0, 0.05) is 11.1 Å². The van der Waals surface area contributed by atoms with Crippen molar-refractivity contribution < 1.29 is 4.74 Å². The van der Waals surface area contributed by atoms with Crippen molar-refractivity contribution in [2.45, 2.75) is 32.7 Å². The quantitative estimate of drug-likeness (QED) is 0.835. The first-order valence-corrected chi connectivity index (χ1v) is 5.74. The fourth-order valence-electron chi connectivity index (χ4n) is 1.53. The number of hydrogen-bond acceptors (Lipinski definition) is 2. The summed E-state index contributed by atoms with van der Waals surface area (Å²) < 4.78 is 5.36. The van der Waals surface area contributed by atoms with E-state index in [0.29, 0.717) is 11.6 Å². The Hall–Kier alpha value is -0.730. The van der Waals surface area contributed by atoms with E-state index in [1.807, 2.05) is 25.1 Å². The molecule has 0 amide bonds. The molecule has 84 valence electrons. The minimum atomic E-state index is 0.0261. The number of halogens is 1. The minimum Gasteiger partial charge on any atom is -0.494 e. The largest absolute Gasteiger partial charge is 0.494 e. The number of benzene rings is 1. The van der Waals surface area contributed by atoms with E-state index in [1.54, 1.807) is 0 Å². The lowest BCUT2D eigenvalue weighted by molar-refractivity contribution is 0.340. The van der Waals surface area contributed by atoms with Crippen LogP contribution >= 0.6 is 11.6 Å². The highest BCUT2D eigenvalue weighted by atomic mass is 35.5. The van der Waals surface area contributed by atoms with E-state index in [2.05, 4.69) is 6.92 Å². The topological polar surface area (TPSA) is 35.2 Å². The van der Waals surface area contributed by atoms with E-state index in [9.17, 15) is 0 Å². The molecule has 0 spiro atoms. The maximum atomic E-state index is 6.14. The molecule has 0 aliphatic heterocycles. The molecule has 0 saturated carbocycles. The third-order valence-corrected chi connectivity index (χ3v) is 2.61. The van der Waals surface area contributed by atoms with Crippen molar-refractivity contribution >= 4 is 11.6 Å². The molecule has 2 N–H and O–H groups in total. The second kappa shape index (κ2) is 5.99. The summed E-state index contributed by atoms with van der Waals surface area (Å²) in [5, 5.41) is 0.696. The molecular formula is C12H18ClNO. The Labute approximate surface area is 96.4 Å². The zero-order chi connectivity index (χ0) is 11.3. The zero-order valence-corrected chi connectivity index (χ0v) is 10.1. The first-order valence-electron chi connectivity index (χ1n) is 5.36. The molecule has 0 bridgehead atoms. The van der Waals surface area contributed by atoms with E-state index in [0.717, 1.165) is 24.2 Å². The van der Waals surface area contributed by atoms with Crippen LogP contribution in [0, 0.1) is 0 Å². The van der Waals surface area contributed by atoms with E-state index < -0.39 is 0 Å². The van der Waals surface area contributed by atoms with Gasteiger partial charge in [0.15, 0.2) is 0 Å². The molecule has 0 heterocycles. The van der Waals surface area contributed by atoms with Crippen molar-refractivity contribution in [3.8, 4) is 5.75 Å². The molecule has 0 aliphatic rings. The van der Waals surface area contributed by atoms with Crippen molar-refractivity contribution in [1.82, 2.24) is 0 Å². The molecule has 1 aromatic rings. The monoisotopic (exact) mass is 227 g/mol. The van der Waals surface area contributed by atoms with Crippen molar-refractivity contribution in [2.24, 2.45) is 5.73 Å². The van der Waals surface area contributed by atoms with Crippen LogP contribution in [0.25, 0.3) is 0 Å². The van der Waals surface area contributed by atoms with Crippen LogP contribution in [0.1, 0.15) is 38.3 Å². The van der Waals surface area contributed by atoms with E-state index >= 15 is 0 Å². The highest BCUT2D eigenvalue weighted by molar-refractivity contribution is 6.31. The third kappa shape index (κ3) is 3.40. The van der Waals surface area contributed by atoms with E-state index in [-0.39, 0.29) is 6.04 Å². The van der Waals surface area contributed by atoms with Crippen LogP contribution < -0.4 is 10.5 Å². The molecule has 1 aromatic carbocycles. The number of nitrogens with two attached hydrogens (primary N) is 1. The standard InChI is InChI=1S/C12H18ClNO/c1-3-5-12(14)10-7-6-9(15-4-2)8-11(10)13/h6-8,12H,3-5,14H2,1-2H3. The highest BCUT2D eigenvalue weighted by Crippen LogP contribution is 2.28. The molecule has 1 atom stereocenters. The van der Waals surface area contributed by atoms with Gasteiger partial charge in [-0.15, -0.1) is 0 Å². The van der Waals surface area contributed by atoms with Crippen LogP contribution in [0.3, 0.4) is 0 Å². The average molecular weight is 228 g/mol. The third-order valence-electron chi connectivity index (χ3n) is 2.28. The first kappa shape index (κ1) is 12.3. The number of ether oxygens (including phenoxy) is 1. The van der Waals surface area contributed by atoms with Crippen molar-refractivity contribution in [2.75, 3.05) is 6.61 Å². The summed E-state index contributed by atoms with van der Waals surface area (Å²) in [6.07, 6.45) is 2.01. The molecule has 3 heteroatoms. The molecule has 0 saturated heterocycles. The molecule has 15 heavy (non-hydrogen) atoms. The van der Waals surface area contributed by atoms with Gasteiger partial charge in [0.2, 0.25) is 0 Å². The lowest BCUT2D eigenvalue weighted by Gasteiger charge is -2.13. The van der Waals surface area contributed by atoms with Gasteiger partial charge in [0.05, 0.1) is 6.61 Å².